The number of rotatable bonds is 2. The monoisotopic (exact) mass is 306 g/mol. The van der Waals surface area contributed by atoms with Crippen molar-refractivity contribution in [2.75, 3.05) is 0 Å². The first-order chi connectivity index (χ1) is 10.5. The fourth-order valence-corrected chi connectivity index (χ4v) is 3.41. The van der Waals surface area contributed by atoms with Gasteiger partial charge < -0.3 is 0 Å². The third kappa shape index (κ3) is 3.13. The SMILES string of the molecule is CC1CCC(c2ccc(C3=CC(F)[C@H](F)C(F)=C3)cc2)CC1. The Hall–Kier alpha value is -1.51. The molecule has 0 N–H and O–H groups in total. The molecule has 3 rings (SSSR count). The molecule has 0 nitrogen and oxygen atoms in total. The van der Waals surface area contributed by atoms with Crippen molar-refractivity contribution in [3.05, 3.63) is 53.4 Å². The van der Waals surface area contributed by atoms with Crippen LogP contribution in [0.4, 0.5) is 13.2 Å². The highest BCUT2D eigenvalue weighted by Crippen LogP contribution is 2.36. The lowest BCUT2D eigenvalue weighted by molar-refractivity contribution is 0.207. The van der Waals surface area contributed by atoms with Gasteiger partial charge in [0.05, 0.1) is 0 Å². The van der Waals surface area contributed by atoms with Crippen molar-refractivity contribution in [2.24, 2.45) is 5.92 Å². The average Bonchev–Trinajstić information content (AvgIpc) is 2.53. The van der Waals surface area contributed by atoms with Gasteiger partial charge >= 0.3 is 0 Å². The molecule has 0 amide bonds. The Bertz CT molecular complexity index is 577. The molecule has 0 saturated heterocycles. The lowest BCUT2D eigenvalue weighted by Gasteiger charge is -2.26. The summed E-state index contributed by atoms with van der Waals surface area (Å²) in [6.45, 7) is 2.29. The van der Waals surface area contributed by atoms with Gasteiger partial charge in [-0.05, 0) is 53.5 Å². The van der Waals surface area contributed by atoms with Gasteiger partial charge in [0, 0.05) is 0 Å². The van der Waals surface area contributed by atoms with Crippen molar-refractivity contribution in [1.29, 1.82) is 0 Å². The second-order valence-corrected chi connectivity index (χ2v) is 6.58. The molecule has 1 aromatic carbocycles. The van der Waals surface area contributed by atoms with Crippen LogP contribution in [0.1, 0.15) is 49.7 Å². The Morgan fingerprint density at radius 1 is 0.955 bits per heavy atom. The lowest BCUT2D eigenvalue weighted by Crippen LogP contribution is -2.19. The first-order valence-electron chi connectivity index (χ1n) is 8.02. The third-order valence-electron chi connectivity index (χ3n) is 4.91. The van der Waals surface area contributed by atoms with Gasteiger partial charge in [-0.25, -0.2) is 13.2 Å². The zero-order valence-corrected chi connectivity index (χ0v) is 12.7. The molecule has 0 radical (unpaired) electrons. The number of benzene rings is 1. The second-order valence-electron chi connectivity index (χ2n) is 6.58. The van der Waals surface area contributed by atoms with Crippen LogP contribution in [0.3, 0.4) is 0 Å². The zero-order valence-electron chi connectivity index (χ0n) is 12.7. The van der Waals surface area contributed by atoms with E-state index in [4.69, 9.17) is 0 Å². The highest BCUT2D eigenvalue weighted by atomic mass is 19.2. The molecule has 1 unspecified atom stereocenters. The number of allylic oxidation sites excluding steroid dienone is 4. The van der Waals surface area contributed by atoms with Crippen LogP contribution in [0.15, 0.2) is 42.2 Å². The Morgan fingerprint density at radius 3 is 2.18 bits per heavy atom. The summed E-state index contributed by atoms with van der Waals surface area (Å²) >= 11 is 0. The molecule has 118 valence electrons. The smallest absolute Gasteiger partial charge is 0.186 e. The lowest BCUT2D eigenvalue weighted by atomic mass is 9.79. The van der Waals surface area contributed by atoms with E-state index in [1.807, 2.05) is 24.3 Å². The molecule has 1 saturated carbocycles. The molecule has 0 heterocycles. The third-order valence-corrected chi connectivity index (χ3v) is 4.91. The summed E-state index contributed by atoms with van der Waals surface area (Å²) in [5.41, 5.74) is 2.44. The quantitative estimate of drug-likeness (QED) is 0.637. The van der Waals surface area contributed by atoms with Gasteiger partial charge in [-0.3, -0.25) is 0 Å². The Labute approximate surface area is 129 Å². The molecule has 0 aliphatic heterocycles. The van der Waals surface area contributed by atoms with E-state index in [-0.39, 0.29) is 0 Å². The van der Waals surface area contributed by atoms with E-state index in [2.05, 4.69) is 6.92 Å². The van der Waals surface area contributed by atoms with Crippen LogP contribution in [-0.4, -0.2) is 12.3 Å². The van der Waals surface area contributed by atoms with Crippen molar-refractivity contribution in [2.45, 2.75) is 50.9 Å². The fourth-order valence-electron chi connectivity index (χ4n) is 3.41. The Kier molecular flexibility index (Phi) is 4.42. The van der Waals surface area contributed by atoms with Crippen molar-refractivity contribution in [3.8, 4) is 0 Å². The van der Waals surface area contributed by atoms with E-state index in [1.165, 1.54) is 31.2 Å². The minimum Gasteiger partial charge on any atom is -0.239 e. The van der Waals surface area contributed by atoms with E-state index >= 15 is 0 Å². The van der Waals surface area contributed by atoms with Crippen LogP contribution < -0.4 is 0 Å². The predicted octanol–water partition coefficient (Wildman–Crippen LogP) is 5.91. The second kappa shape index (κ2) is 6.31. The highest BCUT2D eigenvalue weighted by Gasteiger charge is 2.28. The van der Waals surface area contributed by atoms with Crippen LogP contribution in [-0.2, 0) is 0 Å². The van der Waals surface area contributed by atoms with E-state index in [0.29, 0.717) is 11.5 Å². The van der Waals surface area contributed by atoms with E-state index in [0.717, 1.165) is 23.6 Å². The average molecular weight is 306 g/mol. The van der Waals surface area contributed by atoms with Gasteiger partial charge in [0.25, 0.3) is 0 Å². The molecule has 2 atom stereocenters. The minimum atomic E-state index is -2.16. The zero-order chi connectivity index (χ0) is 15.7. The molecule has 0 aromatic heterocycles. The van der Waals surface area contributed by atoms with Crippen LogP contribution in [0.2, 0.25) is 0 Å². The van der Waals surface area contributed by atoms with Crippen LogP contribution >= 0.6 is 0 Å². The topological polar surface area (TPSA) is 0 Å². The Balaban J connectivity index is 1.76. The number of hydrogen-bond donors (Lipinski definition) is 0. The summed E-state index contributed by atoms with van der Waals surface area (Å²) in [6, 6.07) is 7.84. The van der Waals surface area contributed by atoms with Gasteiger partial charge in [0.15, 0.2) is 12.3 Å². The van der Waals surface area contributed by atoms with Crippen LogP contribution in [0.25, 0.3) is 5.57 Å². The number of hydrogen-bond acceptors (Lipinski definition) is 0. The van der Waals surface area contributed by atoms with Crippen LogP contribution in [0.5, 0.6) is 0 Å². The van der Waals surface area contributed by atoms with Crippen LogP contribution in [0, 0.1) is 5.92 Å². The van der Waals surface area contributed by atoms with Crippen molar-refractivity contribution in [3.63, 3.8) is 0 Å². The molecular weight excluding hydrogens is 285 g/mol. The van der Waals surface area contributed by atoms with Crippen molar-refractivity contribution >= 4 is 5.57 Å². The number of halogens is 3. The maximum absolute atomic E-state index is 13.4. The summed E-state index contributed by atoms with van der Waals surface area (Å²) in [5, 5.41) is 0. The normalized spacial score (nSPS) is 32.4. The maximum atomic E-state index is 13.4. The molecule has 22 heavy (non-hydrogen) atoms. The van der Waals surface area contributed by atoms with E-state index in [9.17, 15) is 13.2 Å². The van der Waals surface area contributed by atoms with Gasteiger partial charge in [-0.15, -0.1) is 0 Å². The van der Waals surface area contributed by atoms with Crippen molar-refractivity contribution < 1.29 is 13.2 Å². The molecule has 0 bridgehead atoms. The largest absolute Gasteiger partial charge is 0.239 e. The molecule has 2 aliphatic rings. The summed E-state index contributed by atoms with van der Waals surface area (Å²) in [7, 11) is 0. The molecule has 1 aromatic rings. The first kappa shape index (κ1) is 15.4. The summed E-state index contributed by atoms with van der Waals surface area (Å²) in [5.74, 6) is 0.364. The molecule has 0 spiro atoms. The minimum absolute atomic E-state index is 0.419. The van der Waals surface area contributed by atoms with E-state index < -0.39 is 18.2 Å². The van der Waals surface area contributed by atoms with Gasteiger partial charge in [0.2, 0.25) is 0 Å². The first-order valence-corrected chi connectivity index (χ1v) is 8.02. The number of alkyl halides is 2. The van der Waals surface area contributed by atoms with Gasteiger partial charge in [-0.1, -0.05) is 44.0 Å². The van der Waals surface area contributed by atoms with E-state index in [1.54, 1.807) is 0 Å². The maximum Gasteiger partial charge on any atom is 0.186 e. The standard InChI is InChI=1S/C19H21F3/c1-12-2-4-13(5-3-12)14-6-8-15(9-7-14)16-10-17(20)19(22)18(21)11-16/h6-13,17,19H,2-5H2,1H3/t12?,13?,17?,19-/m0/s1. The molecule has 3 heteroatoms. The van der Waals surface area contributed by atoms with Crippen molar-refractivity contribution in [1.82, 2.24) is 0 Å². The molecule has 2 aliphatic carbocycles. The highest BCUT2D eigenvalue weighted by molar-refractivity contribution is 5.76. The van der Waals surface area contributed by atoms with Gasteiger partial charge in [0.1, 0.15) is 5.83 Å². The summed E-state index contributed by atoms with van der Waals surface area (Å²) in [4.78, 5) is 0. The fraction of sp³-hybridized carbons (Fsp3) is 0.474. The Morgan fingerprint density at radius 2 is 1.59 bits per heavy atom. The summed E-state index contributed by atoms with van der Waals surface area (Å²) < 4.78 is 39.9. The predicted molar refractivity (Wildman–Crippen MR) is 83.8 cm³/mol. The van der Waals surface area contributed by atoms with Gasteiger partial charge in [-0.2, -0.15) is 0 Å². The molecular formula is C19H21F3. The summed E-state index contributed by atoms with van der Waals surface area (Å²) in [6.07, 6.45) is 3.11. The molecule has 1 fully saturated rings.